The molecule has 0 aliphatic heterocycles. The highest BCUT2D eigenvalue weighted by molar-refractivity contribution is 7.47. The van der Waals surface area contributed by atoms with Gasteiger partial charge in [-0.3, -0.25) is 37.3 Å². The molecule has 0 aliphatic carbocycles. The Labute approximate surface area is 575 Å². The van der Waals surface area contributed by atoms with E-state index in [0.717, 1.165) is 114 Å². The van der Waals surface area contributed by atoms with Crippen molar-refractivity contribution in [1.82, 2.24) is 0 Å². The standard InChI is InChI=1S/C75H146O17P2/c1-9-67(7)53-45-37-29-23-19-17-15-13-11-12-14-16-18-20-24-30-39-47-55-72(77)85-61-70(92-75(80)58-50-42-32-26-28-36-44-52-66(5)6)63-89-93(81,82)87-59-69(76)60-88-94(83,84)90-64-71(62-86-73(78)56-48-40-34-33-38-46-54-68(8)10-2)91-74(79)57-49-41-31-25-21-22-27-35-43-51-65(3)4/h65-71,76H,9-64H2,1-8H3,(H,81,82)(H,83,84)/t67?,68?,69-,70-,71-/m1/s1. The summed E-state index contributed by atoms with van der Waals surface area (Å²) in [6.45, 7) is 14.1. The number of unbranched alkanes of at least 4 members (excludes halogenated alkanes) is 36. The van der Waals surface area contributed by atoms with Gasteiger partial charge in [-0.15, -0.1) is 0 Å². The van der Waals surface area contributed by atoms with E-state index in [-0.39, 0.29) is 25.7 Å². The maximum atomic E-state index is 13.0. The van der Waals surface area contributed by atoms with Gasteiger partial charge in [0.05, 0.1) is 26.4 Å². The zero-order valence-corrected chi connectivity index (χ0v) is 63.4. The normalized spacial score (nSPS) is 14.7. The third-order valence-electron chi connectivity index (χ3n) is 18.0. The summed E-state index contributed by atoms with van der Waals surface area (Å²) in [6, 6.07) is 0. The smallest absolute Gasteiger partial charge is 0.462 e. The molecule has 17 nitrogen and oxygen atoms in total. The Bertz CT molecular complexity index is 1850. The van der Waals surface area contributed by atoms with Crippen LogP contribution in [0.15, 0.2) is 0 Å². The van der Waals surface area contributed by atoms with Crippen LogP contribution in [0.4, 0.5) is 0 Å². The van der Waals surface area contributed by atoms with Gasteiger partial charge >= 0.3 is 39.5 Å². The number of hydrogen-bond donors (Lipinski definition) is 3. The van der Waals surface area contributed by atoms with Gasteiger partial charge < -0.3 is 33.8 Å². The first-order chi connectivity index (χ1) is 45.2. The number of aliphatic hydroxyl groups is 1. The van der Waals surface area contributed by atoms with Crippen LogP contribution in [0.2, 0.25) is 0 Å². The molecule has 3 N–H and O–H groups in total. The van der Waals surface area contributed by atoms with E-state index >= 15 is 0 Å². The number of phosphoric acid groups is 2. The predicted molar refractivity (Wildman–Crippen MR) is 381 cm³/mol. The van der Waals surface area contributed by atoms with Crippen molar-refractivity contribution in [2.45, 2.75) is 395 Å². The minimum absolute atomic E-state index is 0.103. The SMILES string of the molecule is CCC(C)CCCCCCCCCCCCCCCCCCCCC(=O)OC[C@H](COP(=O)(O)OC[C@@H](O)COP(=O)(O)OC[C@@H](COC(=O)CCCCCCCCC(C)CC)OC(=O)CCCCCCCCCCCC(C)C)OC(=O)CCCCCCCCCC(C)C. The van der Waals surface area contributed by atoms with E-state index in [9.17, 15) is 43.2 Å². The van der Waals surface area contributed by atoms with Crippen molar-refractivity contribution < 1.29 is 80.2 Å². The average molecular weight is 1380 g/mol. The molecule has 0 fully saturated rings. The Kier molecular flexibility index (Phi) is 63.1. The zero-order chi connectivity index (χ0) is 69.6. The number of carbonyl (C=O) groups is 4. The van der Waals surface area contributed by atoms with Gasteiger partial charge in [-0.2, -0.15) is 0 Å². The summed E-state index contributed by atoms with van der Waals surface area (Å²) in [5.74, 6) is 0.909. The summed E-state index contributed by atoms with van der Waals surface area (Å²) >= 11 is 0. The van der Waals surface area contributed by atoms with Crippen molar-refractivity contribution >= 4 is 39.5 Å². The molecule has 0 heterocycles. The maximum Gasteiger partial charge on any atom is 0.472 e. The molecule has 0 saturated heterocycles. The molecule has 0 spiro atoms. The molecule has 0 bridgehead atoms. The lowest BCUT2D eigenvalue weighted by molar-refractivity contribution is -0.161. The average Bonchev–Trinajstić information content (AvgIpc) is 1.58. The Morgan fingerprint density at radius 3 is 0.755 bits per heavy atom. The number of aliphatic hydroxyl groups excluding tert-OH is 1. The van der Waals surface area contributed by atoms with E-state index in [0.29, 0.717) is 31.6 Å². The highest BCUT2D eigenvalue weighted by Crippen LogP contribution is 2.45. The van der Waals surface area contributed by atoms with Crippen molar-refractivity contribution in [2.24, 2.45) is 23.7 Å². The van der Waals surface area contributed by atoms with Crippen LogP contribution in [0.1, 0.15) is 376 Å². The van der Waals surface area contributed by atoms with Crippen LogP contribution in [0.25, 0.3) is 0 Å². The molecule has 0 radical (unpaired) electrons. The van der Waals surface area contributed by atoms with Crippen molar-refractivity contribution in [3.05, 3.63) is 0 Å². The first-order valence-electron chi connectivity index (χ1n) is 38.8. The third-order valence-corrected chi connectivity index (χ3v) is 19.9. The van der Waals surface area contributed by atoms with Crippen LogP contribution in [0.5, 0.6) is 0 Å². The van der Waals surface area contributed by atoms with E-state index in [1.165, 1.54) is 173 Å². The van der Waals surface area contributed by atoms with Gasteiger partial charge in [0.15, 0.2) is 12.2 Å². The maximum absolute atomic E-state index is 13.0. The highest BCUT2D eigenvalue weighted by Gasteiger charge is 2.30. The molecule has 0 aromatic rings. The van der Waals surface area contributed by atoms with Crippen molar-refractivity contribution in [3.63, 3.8) is 0 Å². The fourth-order valence-corrected chi connectivity index (χ4v) is 12.9. The second-order valence-corrected chi connectivity index (χ2v) is 31.4. The van der Waals surface area contributed by atoms with E-state index in [1.54, 1.807) is 0 Å². The second-order valence-electron chi connectivity index (χ2n) is 28.5. The highest BCUT2D eigenvalue weighted by atomic mass is 31.2. The molecule has 0 aliphatic rings. The van der Waals surface area contributed by atoms with Gasteiger partial charge in [0, 0.05) is 25.7 Å². The molecule has 0 saturated carbocycles. The first kappa shape index (κ1) is 92.1. The number of ether oxygens (including phenoxy) is 4. The fourth-order valence-electron chi connectivity index (χ4n) is 11.3. The quantitative estimate of drug-likeness (QED) is 0.0222. The van der Waals surface area contributed by atoms with Crippen molar-refractivity contribution in [1.29, 1.82) is 0 Å². The zero-order valence-electron chi connectivity index (χ0n) is 61.6. The number of carbonyl (C=O) groups excluding carboxylic acids is 4. The molecule has 4 unspecified atom stereocenters. The van der Waals surface area contributed by atoms with Crippen LogP contribution in [-0.4, -0.2) is 96.7 Å². The van der Waals surface area contributed by atoms with Gasteiger partial charge in [0.2, 0.25) is 0 Å². The Hall–Kier alpha value is -1.94. The summed E-state index contributed by atoms with van der Waals surface area (Å²) in [5.41, 5.74) is 0. The van der Waals surface area contributed by atoms with E-state index in [1.807, 2.05) is 0 Å². The molecular weight excluding hydrogens is 1230 g/mol. The van der Waals surface area contributed by atoms with Crippen LogP contribution in [-0.2, 0) is 65.4 Å². The largest absolute Gasteiger partial charge is 0.472 e. The molecule has 94 heavy (non-hydrogen) atoms. The van der Waals surface area contributed by atoms with Gasteiger partial charge in [-0.05, 0) is 49.4 Å². The molecule has 0 aromatic heterocycles. The lowest BCUT2D eigenvalue weighted by Gasteiger charge is -2.21. The van der Waals surface area contributed by atoms with Crippen LogP contribution in [0.3, 0.4) is 0 Å². The van der Waals surface area contributed by atoms with Crippen molar-refractivity contribution in [2.75, 3.05) is 39.6 Å². The van der Waals surface area contributed by atoms with Crippen LogP contribution >= 0.6 is 15.6 Å². The topological polar surface area (TPSA) is 237 Å². The van der Waals surface area contributed by atoms with E-state index in [4.69, 9.17) is 37.0 Å². The molecule has 0 aromatic carbocycles. The van der Waals surface area contributed by atoms with Gasteiger partial charge in [0.25, 0.3) is 0 Å². The summed E-state index contributed by atoms with van der Waals surface area (Å²) in [6.07, 6.45) is 48.9. The minimum atomic E-state index is -4.95. The number of rotatable bonds is 72. The third kappa shape index (κ3) is 66.0. The first-order valence-corrected chi connectivity index (χ1v) is 41.8. The van der Waals surface area contributed by atoms with E-state index < -0.39 is 97.5 Å². The number of esters is 4. The van der Waals surface area contributed by atoms with Crippen LogP contribution in [0, 0.1) is 23.7 Å². The molecular formula is C75H146O17P2. The fraction of sp³-hybridized carbons (Fsp3) is 0.947. The molecule has 0 rings (SSSR count). The van der Waals surface area contributed by atoms with Gasteiger partial charge in [-0.1, -0.05) is 325 Å². The molecule has 0 amide bonds. The Morgan fingerprint density at radius 2 is 0.511 bits per heavy atom. The minimum Gasteiger partial charge on any atom is -0.462 e. The van der Waals surface area contributed by atoms with Gasteiger partial charge in [0.1, 0.15) is 19.3 Å². The second kappa shape index (κ2) is 64.4. The van der Waals surface area contributed by atoms with E-state index in [2.05, 4.69) is 55.4 Å². The molecule has 558 valence electrons. The Morgan fingerprint density at radius 1 is 0.298 bits per heavy atom. The monoisotopic (exact) mass is 1380 g/mol. The summed E-state index contributed by atoms with van der Waals surface area (Å²) < 4.78 is 68.4. The summed E-state index contributed by atoms with van der Waals surface area (Å²) in [4.78, 5) is 72.6. The number of phosphoric ester groups is 2. The summed E-state index contributed by atoms with van der Waals surface area (Å²) in [7, 11) is -9.91. The Balaban J connectivity index is 5.13. The van der Waals surface area contributed by atoms with Crippen LogP contribution < -0.4 is 0 Å². The van der Waals surface area contributed by atoms with Crippen molar-refractivity contribution in [3.8, 4) is 0 Å². The summed E-state index contributed by atoms with van der Waals surface area (Å²) in [5, 5.41) is 10.6. The predicted octanol–water partition coefficient (Wildman–Crippen LogP) is 21.7. The number of hydrogen-bond acceptors (Lipinski definition) is 15. The molecule has 19 heteroatoms. The lowest BCUT2D eigenvalue weighted by Crippen LogP contribution is -2.30. The molecule has 7 atom stereocenters. The lowest BCUT2D eigenvalue weighted by atomic mass is 9.99. The van der Waals surface area contributed by atoms with Gasteiger partial charge in [-0.25, -0.2) is 9.13 Å².